The van der Waals surface area contributed by atoms with Crippen LogP contribution in [0.2, 0.25) is 10.0 Å². The summed E-state index contributed by atoms with van der Waals surface area (Å²) in [5.74, 6) is 1.27. The Kier molecular flexibility index (Phi) is 5.16. The van der Waals surface area contributed by atoms with Crippen molar-refractivity contribution in [1.29, 1.82) is 0 Å². The lowest BCUT2D eigenvalue weighted by Crippen LogP contribution is -2.28. The molecule has 0 aliphatic carbocycles. The quantitative estimate of drug-likeness (QED) is 0.878. The molecule has 2 atom stereocenters. The van der Waals surface area contributed by atoms with Gasteiger partial charge in [0.15, 0.2) is 0 Å². The van der Waals surface area contributed by atoms with Crippen LogP contribution in [0.25, 0.3) is 0 Å². The maximum atomic E-state index is 6.17. The second-order valence-electron chi connectivity index (χ2n) is 4.75. The first-order chi connectivity index (χ1) is 8.72. The van der Waals surface area contributed by atoms with E-state index in [1.807, 2.05) is 12.1 Å². The van der Waals surface area contributed by atoms with Crippen molar-refractivity contribution in [2.45, 2.75) is 32.3 Å². The Hall–Kier alpha value is -0.440. The van der Waals surface area contributed by atoms with Gasteiger partial charge in [-0.15, -0.1) is 0 Å². The molecule has 1 heterocycles. The normalized spacial score (nSPS) is 20.9. The van der Waals surface area contributed by atoms with Crippen LogP contribution < -0.4 is 10.1 Å². The molecule has 0 aromatic heterocycles. The minimum atomic E-state index is 0.223. The minimum Gasteiger partial charge on any atom is -0.488 e. The van der Waals surface area contributed by atoms with Crippen molar-refractivity contribution < 1.29 is 4.74 Å². The van der Waals surface area contributed by atoms with Gasteiger partial charge in [-0.05, 0) is 31.5 Å². The van der Waals surface area contributed by atoms with Gasteiger partial charge in [0, 0.05) is 12.5 Å². The van der Waals surface area contributed by atoms with Gasteiger partial charge in [-0.3, -0.25) is 0 Å². The number of nitrogens with one attached hydrogen (secondary N) is 1. The first kappa shape index (κ1) is 14.0. The van der Waals surface area contributed by atoms with E-state index < -0.39 is 0 Å². The third kappa shape index (κ3) is 3.31. The molecule has 0 radical (unpaired) electrons. The standard InChI is InChI=1S/C14H19Cl2NO/c1-2-4-12(10-7-8-17-9-10)18-13-6-3-5-11(15)14(13)16/h3,5-6,10,12,17H,2,4,7-9H2,1H3/t10?,12-/m1/s1. The van der Waals surface area contributed by atoms with Crippen LogP contribution in [0, 0.1) is 5.92 Å². The first-order valence-corrected chi connectivity index (χ1v) is 7.29. The van der Waals surface area contributed by atoms with E-state index in [9.17, 15) is 0 Å². The lowest BCUT2D eigenvalue weighted by molar-refractivity contribution is 0.132. The molecule has 4 heteroatoms. The SMILES string of the molecule is CCC[C@@H](Oc1cccc(Cl)c1Cl)C1CCNC1. The highest BCUT2D eigenvalue weighted by molar-refractivity contribution is 6.42. The van der Waals surface area contributed by atoms with Crippen LogP contribution in [0.3, 0.4) is 0 Å². The molecule has 1 N–H and O–H groups in total. The number of hydrogen-bond acceptors (Lipinski definition) is 2. The van der Waals surface area contributed by atoms with Crippen LogP contribution >= 0.6 is 23.2 Å². The fourth-order valence-corrected chi connectivity index (χ4v) is 2.74. The Morgan fingerprint density at radius 3 is 2.94 bits per heavy atom. The molecule has 1 aliphatic heterocycles. The average Bonchev–Trinajstić information content (AvgIpc) is 2.88. The minimum absolute atomic E-state index is 0.223. The molecule has 2 rings (SSSR count). The predicted octanol–water partition coefficient (Wildman–Crippen LogP) is 4.15. The lowest BCUT2D eigenvalue weighted by atomic mass is 9.97. The molecule has 2 nitrogen and oxygen atoms in total. The Morgan fingerprint density at radius 2 is 2.28 bits per heavy atom. The van der Waals surface area contributed by atoms with E-state index in [0.717, 1.165) is 25.9 Å². The molecule has 1 saturated heterocycles. The topological polar surface area (TPSA) is 21.3 Å². The molecule has 1 unspecified atom stereocenters. The maximum Gasteiger partial charge on any atom is 0.139 e. The Labute approximate surface area is 119 Å². The first-order valence-electron chi connectivity index (χ1n) is 6.53. The second-order valence-corrected chi connectivity index (χ2v) is 5.53. The van der Waals surface area contributed by atoms with Gasteiger partial charge in [0.1, 0.15) is 16.9 Å². The van der Waals surface area contributed by atoms with Crippen molar-refractivity contribution >= 4 is 23.2 Å². The van der Waals surface area contributed by atoms with Crippen LogP contribution in [0.5, 0.6) is 5.75 Å². The predicted molar refractivity (Wildman–Crippen MR) is 76.8 cm³/mol. The zero-order valence-electron chi connectivity index (χ0n) is 10.6. The summed E-state index contributed by atoms with van der Waals surface area (Å²) in [6.07, 6.45) is 3.55. The molecule has 0 amide bonds. The van der Waals surface area contributed by atoms with E-state index in [-0.39, 0.29) is 6.10 Å². The molecule has 100 valence electrons. The summed E-state index contributed by atoms with van der Waals surface area (Å²) < 4.78 is 6.09. The van der Waals surface area contributed by atoms with Crippen LogP contribution in [0.4, 0.5) is 0 Å². The largest absolute Gasteiger partial charge is 0.488 e. The molecule has 0 saturated carbocycles. The Morgan fingerprint density at radius 1 is 1.44 bits per heavy atom. The van der Waals surface area contributed by atoms with Crippen LogP contribution in [0.1, 0.15) is 26.2 Å². The van der Waals surface area contributed by atoms with Crippen molar-refractivity contribution in [2.75, 3.05) is 13.1 Å². The number of rotatable bonds is 5. The molecular formula is C14H19Cl2NO. The van der Waals surface area contributed by atoms with Gasteiger partial charge in [0.2, 0.25) is 0 Å². The summed E-state index contributed by atoms with van der Waals surface area (Å²) in [6.45, 7) is 4.29. The molecule has 0 spiro atoms. The van der Waals surface area contributed by atoms with Gasteiger partial charge in [0.25, 0.3) is 0 Å². The summed E-state index contributed by atoms with van der Waals surface area (Å²) in [5, 5.41) is 4.45. The molecule has 1 aromatic rings. The third-order valence-electron chi connectivity index (χ3n) is 3.39. The second kappa shape index (κ2) is 6.65. The van der Waals surface area contributed by atoms with E-state index in [0.29, 0.717) is 21.7 Å². The molecule has 1 aromatic carbocycles. The van der Waals surface area contributed by atoms with Crippen molar-refractivity contribution in [3.63, 3.8) is 0 Å². The molecule has 1 aliphatic rings. The van der Waals surface area contributed by atoms with Gasteiger partial charge in [0.05, 0.1) is 5.02 Å². The fourth-order valence-electron chi connectivity index (χ4n) is 2.41. The van der Waals surface area contributed by atoms with E-state index in [2.05, 4.69) is 12.2 Å². The summed E-state index contributed by atoms with van der Waals surface area (Å²) in [4.78, 5) is 0. The summed E-state index contributed by atoms with van der Waals surface area (Å²) in [6, 6.07) is 5.54. The van der Waals surface area contributed by atoms with E-state index in [1.54, 1.807) is 6.07 Å². The average molecular weight is 288 g/mol. The highest BCUT2D eigenvalue weighted by atomic mass is 35.5. The summed E-state index contributed by atoms with van der Waals surface area (Å²) >= 11 is 12.2. The highest BCUT2D eigenvalue weighted by Crippen LogP contribution is 2.34. The van der Waals surface area contributed by atoms with Gasteiger partial charge in [-0.1, -0.05) is 42.6 Å². The van der Waals surface area contributed by atoms with Crippen LogP contribution in [-0.4, -0.2) is 19.2 Å². The van der Waals surface area contributed by atoms with E-state index in [4.69, 9.17) is 27.9 Å². The number of ether oxygens (including phenoxy) is 1. The van der Waals surface area contributed by atoms with Gasteiger partial charge >= 0.3 is 0 Å². The lowest BCUT2D eigenvalue weighted by Gasteiger charge is -2.24. The van der Waals surface area contributed by atoms with E-state index >= 15 is 0 Å². The van der Waals surface area contributed by atoms with Crippen molar-refractivity contribution in [1.82, 2.24) is 5.32 Å². The fraction of sp³-hybridized carbons (Fsp3) is 0.571. The van der Waals surface area contributed by atoms with Crippen molar-refractivity contribution in [2.24, 2.45) is 5.92 Å². The Bertz CT molecular complexity index is 391. The summed E-state index contributed by atoms with van der Waals surface area (Å²) in [5.41, 5.74) is 0. The van der Waals surface area contributed by atoms with Crippen molar-refractivity contribution in [3.05, 3.63) is 28.2 Å². The number of hydrogen-bond donors (Lipinski definition) is 1. The van der Waals surface area contributed by atoms with Gasteiger partial charge < -0.3 is 10.1 Å². The Balaban J connectivity index is 2.10. The van der Waals surface area contributed by atoms with Gasteiger partial charge in [-0.2, -0.15) is 0 Å². The number of halogens is 2. The maximum absolute atomic E-state index is 6.17. The van der Waals surface area contributed by atoms with Crippen LogP contribution in [0.15, 0.2) is 18.2 Å². The van der Waals surface area contributed by atoms with Crippen LogP contribution in [-0.2, 0) is 0 Å². The van der Waals surface area contributed by atoms with Crippen molar-refractivity contribution in [3.8, 4) is 5.75 Å². The number of benzene rings is 1. The zero-order chi connectivity index (χ0) is 13.0. The van der Waals surface area contributed by atoms with E-state index in [1.165, 1.54) is 6.42 Å². The molecule has 0 bridgehead atoms. The molecule has 1 fully saturated rings. The van der Waals surface area contributed by atoms with Gasteiger partial charge in [-0.25, -0.2) is 0 Å². The summed E-state index contributed by atoms with van der Waals surface area (Å²) in [7, 11) is 0. The monoisotopic (exact) mass is 287 g/mol. The molecule has 18 heavy (non-hydrogen) atoms. The third-order valence-corrected chi connectivity index (χ3v) is 4.19. The zero-order valence-corrected chi connectivity index (χ0v) is 12.1. The highest BCUT2D eigenvalue weighted by Gasteiger charge is 2.26. The molecular weight excluding hydrogens is 269 g/mol. The smallest absolute Gasteiger partial charge is 0.139 e.